The lowest BCUT2D eigenvalue weighted by Crippen LogP contribution is -2.16. The van der Waals surface area contributed by atoms with Gasteiger partial charge in [-0.15, -0.1) is 0 Å². The van der Waals surface area contributed by atoms with E-state index in [2.05, 4.69) is 79.7 Å². The van der Waals surface area contributed by atoms with Crippen molar-refractivity contribution in [2.45, 2.75) is 95.0 Å². The summed E-state index contributed by atoms with van der Waals surface area (Å²) in [4.78, 5) is 2.67. The number of aryl methyl sites for hydroxylation is 2. The summed E-state index contributed by atoms with van der Waals surface area (Å²) in [5, 5.41) is 0. The highest BCUT2D eigenvalue weighted by atomic mass is 32.2. The van der Waals surface area contributed by atoms with Crippen molar-refractivity contribution in [1.82, 2.24) is 0 Å². The second-order valence-electron chi connectivity index (χ2n) is 11.9. The third kappa shape index (κ3) is 6.27. The average molecular weight is 469 g/mol. The molecule has 3 nitrogen and oxygen atoms in total. The van der Waals surface area contributed by atoms with Gasteiger partial charge in [-0.05, 0) is 90.0 Å². The standard InChI is InChI=1S/C29H40O3S/c1-18-11-21(30-15-20-9-10-20)13-24(28(3,4)5)26(18)33-27-19(2)12-22(31-16-23-17-32-23)14-25(27)29(6,7)8/h11-14,20,23H,9-10,15-17H2,1-8H3. The topological polar surface area (TPSA) is 31.0 Å². The molecule has 2 aromatic carbocycles. The molecular weight excluding hydrogens is 428 g/mol. The predicted molar refractivity (Wildman–Crippen MR) is 137 cm³/mol. The molecule has 1 saturated carbocycles. The van der Waals surface area contributed by atoms with Gasteiger partial charge in [-0.25, -0.2) is 0 Å². The molecule has 0 spiro atoms. The molecule has 1 atom stereocenters. The molecule has 180 valence electrons. The zero-order valence-corrected chi connectivity index (χ0v) is 22.4. The average Bonchev–Trinajstić information content (AvgIpc) is 3.60. The molecule has 2 aliphatic rings. The Balaban J connectivity index is 1.70. The summed E-state index contributed by atoms with van der Waals surface area (Å²) in [6, 6.07) is 8.91. The largest absolute Gasteiger partial charge is 0.493 e. The van der Waals surface area contributed by atoms with Crippen LogP contribution >= 0.6 is 11.8 Å². The van der Waals surface area contributed by atoms with E-state index in [1.807, 2.05) is 11.8 Å². The molecule has 1 aliphatic heterocycles. The Morgan fingerprint density at radius 1 is 0.788 bits per heavy atom. The van der Waals surface area contributed by atoms with E-state index in [-0.39, 0.29) is 16.9 Å². The SMILES string of the molecule is Cc1cc(OCC2CC2)cc(C(C)(C)C)c1Sc1c(C)cc(OCC2CO2)cc1C(C)(C)C. The van der Waals surface area contributed by atoms with E-state index >= 15 is 0 Å². The predicted octanol–water partition coefficient (Wildman–Crippen LogP) is 7.62. The van der Waals surface area contributed by atoms with Gasteiger partial charge in [0, 0.05) is 9.79 Å². The minimum absolute atomic E-state index is 0.00562. The third-order valence-corrected chi connectivity index (χ3v) is 7.83. The van der Waals surface area contributed by atoms with E-state index in [9.17, 15) is 0 Å². The summed E-state index contributed by atoms with van der Waals surface area (Å²) in [6.07, 6.45) is 2.87. The van der Waals surface area contributed by atoms with Crippen molar-refractivity contribution in [3.8, 4) is 11.5 Å². The van der Waals surface area contributed by atoms with E-state index in [0.29, 0.717) is 6.61 Å². The van der Waals surface area contributed by atoms with E-state index in [4.69, 9.17) is 14.2 Å². The Kier molecular flexibility index (Phi) is 6.81. The van der Waals surface area contributed by atoms with Crippen molar-refractivity contribution in [3.63, 3.8) is 0 Å². The van der Waals surface area contributed by atoms with Gasteiger partial charge in [-0.2, -0.15) is 0 Å². The van der Waals surface area contributed by atoms with Gasteiger partial charge >= 0.3 is 0 Å². The first-order chi connectivity index (χ1) is 15.4. The molecule has 1 heterocycles. The van der Waals surface area contributed by atoms with Gasteiger partial charge in [0.25, 0.3) is 0 Å². The number of hydrogen-bond donors (Lipinski definition) is 0. The fraction of sp³-hybridized carbons (Fsp3) is 0.586. The van der Waals surface area contributed by atoms with Crippen LogP contribution in [-0.2, 0) is 15.6 Å². The first-order valence-corrected chi connectivity index (χ1v) is 13.1. The van der Waals surface area contributed by atoms with Crippen LogP contribution < -0.4 is 9.47 Å². The van der Waals surface area contributed by atoms with E-state index in [1.165, 1.54) is 44.9 Å². The molecule has 33 heavy (non-hydrogen) atoms. The van der Waals surface area contributed by atoms with Crippen LogP contribution in [0.1, 0.15) is 76.6 Å². The monoisotopic (exact) mass is 468 g/mol. The summed E-state index contributed by atoms with van der Waals surface area (Å²) < 4.78 is 17.6. The lowest BCUT2D eigenvalue weighted by atomic mass is 9.85. The third-order valence-electron chi connectivity index (χ3n) is 6.34. The number of hydrogen-bond acceptors (Lipinski definition) is 4. The molecule has 0 aromatic heterocycles. The van der Waals surface area contributed by atoms with Gasteiger partial charge in [0.05, 0.1) is 13.2 Å². The van der Waals surface area contributed by atoms with Crippen molar-refractivity contribution in [1.29, 1.82) is 0 Å². The maximum Gasteiger partial charge on any atom is 0.120 e. The van der Waals surface area contributed by atoms with Crippen LogP contribution in [0.2, 0.25) is 0 Å². The summed E-state index contributed by atoms with van der Waals surface area (Å²) in [5.74, 6) is 2.70. The van der Waals surface area contributed by atoms with Crippen LogP contribution in [0.3, 0.4) is 0 Å². The van der Waals surface area contributed by atoms with Gasteiger partial charge in [-0.3, -0.25) is 0 Å². The minimum Gasteiger partial charge on any atom is -0.493 e. The molecule has 0 radical (unpaired) electrons. The summed E-state index contributed by atoms with van der Waals surface area (Å²) in [5.41, 5.74) is 5.24. The highest BCUT2D eigenvalue weighted by molar-refractivity contribution is 7.99. The Morgan fingerprint density at radius 2 is 1.24 bits per heavy atom. The zero-order chi connectivity index (χ0) is 24.0. The summed E-state index contributed by atoms with van der Waals surface area (Å²) >= 11 is 1.90. The number of ether oxygens (including phenoxy) is 3. The fourth-order valence-corrected chi connectivity index (χ4v) is 5.58. The van der Waals surface area contributed by atoms with Crippen molar-refractivity contribution in [2.75, 3.05) is 19.8 Å². The van der Waals surface area contributed by atoms with Crippen LogP contribution in [0.5, 0.6) is 11.5 Å². The van der Waals surface area contributed by atoms with E-state index < -0.39 is 0 Å². The molecule has 1 aliphatic carbocycles. The van der Waals surface area contributed by atoms with Crippen molar-refractivity contribution in [3.05, 3.63) is 46.5 Å². The second kappa shape index (κ2) is 9.19. The van der Waals surface area contributed by atoms with Crippen molar-refractivity contribution in [2.24, 2.45) is 5.92 Å². The van der Waals surface area contributed by atoms with Gasteiger partial charge in [-0.1, -0.05) is 53.3 Å². The molecule has 1 unspecified atom stereocenters. The van der Waals surface area contributed by atoms with E-state index in [0.717, 1.165) is 30.6 Å². The highest BCUT2D eigenvalue weighted by Crippen LogP contribution is 2.46. The van der Waals surface area contributed by atoms with Crippen molar-refractivity contribution < 1.29 is 14.2 Å². The first-order valence-electron chi connectivity index (χ1n) is 12.3. The Hall–Kier alpha value is -1.65. The van der Waals surface area contributed by atoms with Crippen LogP contribution in [0.25, 0.3) is 0 Å². The van der Waals surface area contributed by atoms with Gasteiger partial charge < -0.3 is 14.2 Å². The second-order valence-corrected chi connectivity index (χ2v) is 12.9. The molecule has 0 amide bonds. The van der Waals surface area contributed by atoms with Crippen molar-refractivity contribution >= 4 is 11.8 Å². The van der Waals surface area contributed by atoms with Crippen LogP contribution in [-0.4, -0.2) is 25.9 Å². The van der Waals surface area contributed by atoms with Gasteiger partial charge in [0.1, 0.15) is 24.2 Å². The van der Waals surface area contributed by atoms with Gasteiger partial charge in [0.15, 0.2) is 0 Å². The number of epoxide rings is 1. The Labute approximate surface area is 204 Å². The van der Waals surface area contributed by atoms with Crippen LogP contribution in [0, 0.1) is 19.8 Å². The fourth-order valence-electron chi connectivity index (χ4n) is 3.99. The first kappa shape index (κ1) is 24.5. The summed E-state index contributed by atoms with van der Waals surface area (Å²) in [7, 11) is 0. The molecule has 0 bridgehead atoms. The number of rotatable bonds is 8. The van der Waals surface area contributed by atoms with Crippen LogP contribution in [0.15, 0.2) is 34.1 Å². The maximum absolute atomic E-state index is 6.18. The van der Waals surface area contributed by atoms with E-state index in [1.54, 1.807) is 0 Å². The molecule has 2 aromatic rings. The van der Waals surface area contributed by atoms with Crippen LogP contribution in [0.4, 0.5) is 0 Å². The maximum atomic E-state index is 6.18. The minimum atomic E-state index is 0.00562. The molecule has 1 saturated heterocycles. The molecule has 4 heteroatoms. The highest BCUT2D eigenvalue weighted by Gasteiger charge is 2.28. The lowest BCUT2D eigenvalue weighted by Gasteiger charge is -2.29. The smallest absolute Gasteiger partial charge is 0.120 e. The molecule has 2 fully saturated rings. The lowest BCUT2D eigenvalue weighted by molar-refractivity contribution is 0.262. The number of benzene rings is 2. The normalized spacial score (nSPS) is 18.4. The molecule has 4 rings (SSSR count). The zero-order valence-electron chi connectivity index (χ0n) is 21.6. The molecule has 0 N–H and O–H groups in total. The Bertz CT molecular complexity index is 923. The summed E-state index contributed by atoms with van der Waals surface area (Å²) in [6.45, 7) is 20.5. The van der Waals surface area contributed by atoms with Gasteiger partial charge in [0.2, 0.25) is 0 Å². The molecular formula is C29H40O3S. The quantitative estimate of drug-likeness (QED) is 0.373. The Morgan fingerprint density at radius 3 is 1.64 bits per heavy atom.